The maximum atomic E-state index is 12.9. The highest BCUT2D eigenvalue weighted by Crippen LogP contribution is 2.36. The molecule has 5 nitrogen and oxygen atoms in total. The van der Waals surface area contributed by atoms with E-state index in [0.29, 0.717) is 0 Å². The first kappa shape index (κ1) is 15.0. The van der Waals surface area contributed by atoms with Gasteiger partial charge >= 0.3 is 6.18 Å². The van der Waals surface area contributed by atoms with Crippen molar-refractivity contribution in [3.8, 4) is 0 Å². The Hall–Kier alpha value is -1.35. The molecule has 1 aliphatic rings. The molecule has 0 spiro atoms. The topological polar surface area (TPSA) is 62.3 Å². The van der Waals surface area contributed by atoms with Crippen molar-refractivity contribution in [2.75, 3.05) is 25.0 Å². The number of pyridine rings is 1. The maximum Gasteiger partial charge on any atom is 0.419 e. The van der Waals surface area contributed by atoms with Gasteiger partial charge in [-0.15, -0.1) is 0 Å². The minimum absolute atomic E-state index is 0.00324. The number of halogens is 3. The highest BCUT2D eigenvalue weighted by molar-refractivity contribution is 7.90. The Morgan fingerprint density at radius 2 is 2.15 bits per heavy atom. The van der Waals surface area contributed by atoms with Gasteiger partial charge in [-0.2, -0.15) is 13.2 Å². The van der Waals surface area contributed by atoms with Crippen molar-refractivity contribution >= 4 is 15.8 Å². The van der Waals surface area contributed by atoms with E-state index in [0.717, 1.165) is 6.07 Å². The molecule has 112 valence electrons. The molecule has 2 heterocycles. The monoisotopic (exact) mass is 309 g/mol. The molecule has 0 radical (unpaired) electrons. The molecule has 9 heteroatoms. The summed E-state index contributed by atoms with van der Waals surface area (Å²) in [5.41, 5.74) is -0.845. The van der Waals surface area contributed by atoms with Gasteiger partial charge in [0, 0.05) is 19.3 Å². The highest BCUT2D eigenvalue weighted by Gasteiger charge is 2.39. The van der Waals surface area contributed by atoms with Gasteiger partial charge in [0.15, 0.2) is 0 Å². The number of nitrogens with zero attached hydrogens (tertiary/aromatic N) is 2. The number of sulfonamides is 1. The first-order chi connectivity index (χ1) is 9.25. The van der Waals surface area contributed by atoms with Gasteiger partial charge < -0.3 is 4.90 Å². The summed E-state index contributed by atoms with van der Waals surface area (Å²) in [5.74, 6) is -0.214. The van der Waals surface area contributed by atoms with E-state index in [9.17, 15) is 21.6 Å². The molecule has 1 N–H and O–H groups in total. The molecule has 2 rings (SSSR count). The zero-order valence-corrected chi connectivity index (χ0v) is 11.5. The zero-order chi connectivity index (χ0) is 15.0. The van der Waals surface area contributed by atoms with E-state index < -0.39 is 27.0 Å². The third-order valence-corrected chi connectivity index (χ3v) is 5.09. The standard InChI is InChI=1S/C11H14F3N3O2S/c1-15-20(18,19)8-4-6-17(7-8)10-9(11(12,13)14)3-2-5-16-10/h2-3,5,8,15H,4,6-7H2,1H3. The van der Waals surface area contributed by atoms with Crippen LogP contribution in [0.5, 0.6) is 0 Å². The van der Waals surface area contributed by atoms with Crippen molar-refractivity contribution in [2.45, 2.75) is 17.8 Å². The van der Waals surface area contributed by atoms with Crippen LogP contribution >= 0.6 is 0 Å². The molecule has 0 aliphatic carbocycles. The molecule has 1 aromatic rings. The van der Waals surface area contributed by atoms with Crippen molar-refractivity contribution in [2.24, 2.45) is 0 Å². The van der Waals surface area contributed by atoms with Crippen LogP contribution in [-0.2, 0) is 16.2 Å². The second-order valence-electron chi connectivity index (χ2n) is 4.48. The fourth-order valence-electron chi connectivity index (χ4n) is 2.21. The van der Waals surface area contributed by atoms with Gasteiger partial charge in [-0.25, -0.2) is 18.1 Å². The summed E-state index contributed by atoms with van der Waals surface area (Å²) < 4.78 is 64.3. The van der Waals surface area contributed by atoms with E-state index >= 15 is 0 Å². The lowest BCUT2D eigenvalue weighted by molar-refractivity contribution is -0.137. The van der Waals surface area contributed by atoms with Crippen LogP contribution in [0.15, 0.2) is 18.3 Å². The van der Waals surface area contributed by atoms with E-state index in [-0.39, 0.29) is 25.3 Å². The molecule has 20 heavy (non-hydrogen) atoms. The van der Waals surface area contributed by atoms with E-state index in [2.05, 4.69) is 9.71 Å². The van der Waals surface area contributed by atoms with Crippen molar-refractivity contribution in [1.29, 1.82) is 0 Å². The lowest BCUT2D eigenvalue weighted by Gasteiger charge is -2.21. The minimum Gasteiger partial charge on any atom is -0.355 e. The van der Waals surface area contributed by atoms with Crippen LogP contribution in [0.1, 0.15) is 12.0 Å². The lowest BCUT2D eigenvalue weighted by Crippen LogP contribution is -2.34. The van der Waals surface area contributed by atoms with Gasteiger partial charge in [-0.3, -0.25) is 0 Å². The highest BCUT2D eigenvalue weighted by atomic mass is 32.2. The summed E-state index contributed by atoms with van der Waals surface area (Å²) in [6.07, 6.45) is -2.97. The van der Waals surface area contributed by atoms with Gasteiger partial charge in [0.1, 0.15) is 5.82 Å². The molecule has 1 aromatic heterocycles. The first-order valence-electron chi connectivity index (χ1n) is 5.95. The van der Waals surface area contributed by atoms with E-state index in [1.54, 1.807) is 0 Å². The number of rotatable bonds is 3. The number of alkyl halides is 3. The second-order valence-corrected chi connectivity index (χ2v) is 6.64. The van der Waals surface area contributed by atoms with Gasteiger partial charge in [0.25, 0.3) is 0 Å². The molecule has 1 unspecified atom stereocenters. The Morgan fingerprint density at radius 1 is 1.45 bits per heavy atom. The SMILES string of the molecule is CNS(=O)(=O)C1CCN(c2ncccc2C(F)(F)F)C1. The normalized spacial score (nSPS) is 20.4. The molecule has 1 fully saturated rings. The van der Waals surface area contributed by atoms with Crippen molar-refractivity contribution < 1.29 is 21.6 Å². The van der Waals surface area contributed by atoms with Gasteiger partial charge in [-0.05, 0) is 25.6 Å². The predicted octanol–water partition coefficient (Wildman–Crippen LogP) is 1.23. The largest absolute Gasteiger partial charge is 0.419 e. The number of aromatic nitrogens is 1. The Kier molecular flexibility index (Phi) is 3.92. The second kappa shape index (κ2) is 5.21. The summed E-state index contributed by atoms with van der Waals surface area (Å²) >= 11 is 0. The van der Waals surface area contributed by atoms with Crippen LogP contribution in [-0.4, -0.2) is 38.8 Å². The molecule has 0 bridgehead atoms. The van der Waals surface area contributed by atoms with E-state index in [1.807, 2.05) is 0 Å². The quantitative estimate of drug-likeness (QED) is 0.912. The molecule has 1 atom stereocenters. The van der Waals surface area contributed by atoms with Crippen LogP contribution in [0.25, 0.3) is 0 Å². The van der Waals surface area contributed by atoms with Crippen molar-refractivity contribution in [3.63, 3.8) is 0 Å². The van der Waals surface area contributed by atoms with E-state index in [4.69, 9.17) is 0 Å². The fraction of sp³-hybridized carbons (Fsp3) is 0.545. The van der Waals surface area contributed by atoms with Crippen molar-refractivity contribution in [3.05, 3.63) is 23.9 Å². The predicted molar refractivity (Wildman–Crippen MR) is 67.8 cm³/mol. The third-order valence-electron chi connectivity index (χ3n) is 3.26. The smallest absolute Gasteiger partial charge is 0.355 e. The van der Waals surface area contributed by atoms with Crippen LogP contribution in [0.2, 0.25) is 0 Å². The van der Waals surface area contributed by atoms with Crippen LogP contribution in [0.4, 0.5) is 19.0 Å². The average molecular weight is 309 g/mol. The van der Waals surface area contributed by atoms with Gasteiger partial charge in [0.05, 0.1) is 10.8 Å². The molecule has 0 aromatic carbocycles. The summed E-state index contributed by atoms with van der Waals surface area (Å²) in [6, 6.07) is 2.16. The molecule has 1 saturated heterocycles. The third kappa shape index (κ3) is 2.88. The van der Waals surface area contributed by atoms with E-state index in [1.165, 1.54) is 24.2 Å². The van der Waals surface area contributed by atoms with Gasteiger partial charge in [-0.1, -0.05) is 0 Å². The lowest BCUT2D eigenvalue weighted by atomic mass is 10.2. The molecule has 0 saturated carbocycles. The van der Waals surface area contributed by atoms with Crippen molar-refractivity contribution in [1.82, 2.24) is 9.71 Å². The zero-order valence-electron chi connectivity index (χ0n) is 10.7. The minimum atomic E-state index is -4.51. The Labute approximate surface area is 114 Å². The summed E-state index contributed by atoms with van der Waals surface area (Å²) in [5, 5.41) is -0.726. The van der Waals surface area contributed by atoms with Crippen LogP contribution in [0.3, 0.4) is 0 Å². The Morgan fingerprint density at radius 3 is 2.75 bits per heavy atom. The molecule has 1 aliphatic heterocycles. The molecular formula is C11H14F3N3O2S. The molecular weight excluding hydrogens is 295 g/mol. The Balaban J connectivity index is 2.28. The number of nitrogens with one attached hydrogen (secondary N) is 1. The summed E-state index contributed by atoms with van der Waals surface area (Å²) in [7, 11) is -2.20. The number of hydrogen-bond donors (Lipinski definition) is 1. The number of anilines is 1. The average Bonchev–Trinajstić information content (AvgIpc) is 2.88. The number of hydrogen-bond acceptors (Lipinski definition) is 4. The fourth-order valence-corrected chi connectivity index (χ4v) is 3.34. The maximum absolute atomic E-state index is 12.9. The molecule has 0 amide bonds. The van der Waals surface area contributed by atoms with Gasteiger partial charge in [0.2, 0.25) is 10.0 Å². The summed E-state index contributed by atoms with van der Waals surface area (Å²) in [6.45, 7) is 0.231. The van der Waals surface area contributed by atoms with Crippen LogP contribution < -0.4 is 9.62 Å². The first-order valence-corrected chi connectivity index (χ1v) is 7.50. The Bertz CT molecular complexity index is 589. The summed E-state index contributed by atoms with van der Waals surface area (Å²) in [4.78, 5) is 5.12. The van der Waals surface area contributed by atoms with Crippen LogP contribution in [0, 0.1) is 0 Å².